The Labute approximate surface area is 104 Å². The van der Waals surface area contributed by atoms with Crippen LogP contribution in [-0.2, 0) is 4.79 Å². The number of carboxylic acid groups (broad SMARTS) is 1. The van der Waals surface area contributed by atoms with E-state index in [-0.39, 0.29) is 12.0 Å². The number of hydrogen-bond acceptors (Lipinski definition) is 2. The minimum absolute atomic E-state index is 0.136. The molecule has 0 aromatic rings. The Balaban J connectivity index is 1.79. The summed E-state index contributed by atoms with van der Waals surface area (Å²) in [5.41, 5.74) is 0. The molecule has 0 saturated heterocycles. The van der Waals surface area contributed by atoms with Gasteiger partial charge in [-0.2, -0.15) is 0 Å². The highest BCUT2D eigenvalue weighted by atomic mass is 16.4. The van der Waals surface area contributed by atoms with E-state index in [9.17, 15) is 4.79 Å². The SMILES string of the molecule is C[C@H](NC1CCC1C(=O)O)C1CCCCCC1. The van der Waals surface area contributed by atoms with Crippen LogP contribution in [0.2, 0.25) is 0 Å². The third kappa shape index (κ3) is 3.21. The second kappa shape index (κ2) is 5.85. The molecule has 3 nitrogen and oxygen atoms in total. The van der Waals surface area contributed by atoms with Crippen molar-refractivity contribution < 1.29 is 9.90 Å². The highest BCUT2D eigenvalue weighted by Crippen LogP contribution is 2.31. The quantitative estimate of drug-likeness (QED) is 0.742. The Bertz CT molecular complexity index is 259. The number of rotatable bonds is 4. The molecule has 0 amide bonds. The molecule has 2 aliphatic carbocycles. The standard InChI is InChI=1S/C14H25NO2/c1-10(11-6-4-2-3-5-7-11)15-13-9-8-12(13)14(16)17/h10-13,15H,2-9H2,1H3,(H,16,17)/t10-,12?,13?/m0/s1. The van der Waals surface area contributed by atoms with Gasteiger partial charge in [-0.1, -0.05) is 25.7 Å². The molecular weight excluding hydrogens is 214 g/mol. The van der Waals surface area contributed by atoms with Crippen molar-refractivity contribution in [3.63, 3.8) is 0 Å². The Hall–Kier alpha value is -0.570. The first-order chi connectivity index (χ1) is 8.18. The van der Waals surface area contributed by atoms with Crippen molar-refractivity contribution in [2.45, 2.75) is 70.4 Å². The minimum atomic E-state index is -0.623. The van der Waals surface area contributed by atoms with Gasteiger partial charge in [0.15, 0.2) is 0 Å². The number of carboxylic acids is 1. The van der Waals surface area contributed by atoms with E-state index in [1.165, 1.54) is 38.5 Å². The molecule has 2 unspecified atom stereocenters. The number of nitrogens with one attached hydrogen (secondary N) is 1. The molecule has 2 aliphatic rings. The Morgan fingerprint density at radius 3 is 2.24 bits per heavy atom. The van der Waals surface area contributed by atoms with Gasteiger partial charge in [-0.25, -0.2) is 0 Å². The molecule has 0 heterocycles. The van der Waals surface area contributed by atoms with Crippen molar-refractivity contribution >= 4 is 5.97 Å². The van der Waals surface area contributed by atoms with Crippen molar-refractivity contribution in [1.29, 1.82) is 0 Å². The normalized spacial score (nSPS) is 32.5. The molecule has 2 saturated carbocycles. The van der Waals surface area contributed by atoms with Gasteiger partial charge in [-0.15, -0.1) is 0 Å². The first-order valence-electron chi connectivity index (χ1n) is 7.17. The van der Waals surface area contributed by atoms with Gasteiger partial charge in [0.25, 0.3) is 0 Å². The number of hydrogen-bond donors (Lipinski definition) is 2. The fraction of sp³-hybridized carbons (Fsp3) is 0.929. The highest BCUT2D eigenvalue weighted by molar-refractivity contribution is 5.72. The van der Waals surface area contributed by atoms with E-state index < -0.39 is 5.97 Å². The first-order valence-corrected chi connectivity index (χ1v) is 7.17. The van der Waals surface area contributed by atoms with E-state index in [1.54, 1.807) is 0 Å². The van der Waals surface area contributed by atoms with Crippen LogP contribution in [0.1, 0.15) is 58.3 Å². The lowest BCUT2D eigenvalue weighted by Crippen LogP contribution is -2.52. The average molecular weight is 239 g/mol. The lowest BCUT2D eigenvalue weighted by Gasteiger charge is -2.38. The average Bonchev–Trinajstić information content (AvgIpc) is 2.51. The fourth-order valence-corrected chi connectivity index (χ4v) is 3.28. The van der Waals surface area contributed by atoms with E-state index in [4.69, 9.17) is 5.11 Å². The molecule has 2 N–H and O–H groups in total. The molecule has 0 aromatic heterocycles. The van der Waals surface area contributed by atoms with Crippen LogP contribution in [0.5, 0.6) is 0 Å². The van der Waals surface area contributed by atoms with Gasteiger partial charge >= 0.3 is 5.97 Å². The third-order valence-corrected chi connectivity index (χ3v) is 4.68. The molecule has 2 rings (SSSR count). The molecule has 17 heavy (non-hydrogen) atoms. The van der Waals surface area contributed by atoms with Crippen molar-refractivity contribution in [3.8, 4) is 0 Å². The molecule has 3 atom stereocenters. The van der Waals surface area contributed by atoms with Gasteiger partial charge in [0.1, 0.15) is 0 Å². The zero-order valence-electron chi connectivity index (χ0n) is 10.8. The summed E-state index contributed by atoms with van der Waals surface area (Å²) in [6.45, 7) is 2.24. The predicted molar refractivity (Wildman–Crippen MR) is 67.9 cm³/mol. The predicted octanol–water partition coefficient (Wildman–Crippen LogP) is 2.80. The summed E-state index contributed by atoms with van der Waals surface area (Å²) in [5, 5.41) is 12.6. The van der Waals surface area contributed by atoms with Gasteiger partial charge < -0.3 is 10.4 Å². The summed E-state index contributed by atoms with van der Waals surface area (Å²) < 4.78 is 0. The number of aliphatic carboxylic acids is 1. The molecule has 98 valence electrons. The van der Waals surface area contributed by atoms with Gasteiger partial charge in [0.2, 0.25) is 0 Å². The maximum absolute atomic E-state index is 11.0. The summed E-state index contributed by atoms with van der Waals surface area (Å²) in [6.07, 6.45) is 9.98. The molecule has 2 fully saturated rings. The molecule has 0 aromatic carbocycles. The monoisotopic (exact) mass is 239 g/mol. The zero-order chi connectivity index (χ0) is 12.3. The van der Waals surface area contributed by atoms with Crippen LogP contribution < -0.4 is 5.32 Å². The molecule has 3 heteroatoms. The largest absolute Gasteiger partial charge is 0.481 e. The molecule has 0 aliphatic heterocycles. The second-order valence-electron chi connectivity index (χ2n) is 5.84. The molecular formula is C14H25NO2. The van der Waals surface area contributed by atoms with Crippen molar-refractivity contribution in [2.24, 2.45) is 11.8 Å². The Morgan fingerprint density at radius 2 is 1.76 bits per heavy atom. The van der Waals surface area contributed by atoms with E-state index in [0.717, 1.165) is 18.8 Å². The van der Waals surface area contributed by atoms with E-state index in [1.807, 2.05) is 0 Å². The topological polar surface area (TPSA) is 49.3 Å². The maximum Gasteiger partial charge on any atom is 0.308 e. The fourth-order valence-electron chi connectivity index (χ4n) is 3.28. The van der Waals surface area contributed by atoms with Crippen LogP contribution in [0.3, 0.4) is 0 Å². The van der Waals surface area contributed by atoms with Gasteiger partial charge in [0, 0.05) is 12.1 Å². The van der Waals surface area contributed by atoms with Crippen molar-refractivity contribution in [1.82, 2.24) is 5.32 Å². The molecule has 0 spiro atoms. The Morgan fingerprint density at radius 1 is 1.12 bits per heavy atom. The lowest BCUT2D eigenvalue weighted by molar-refractivity contribution is -0.146. The van der Waals surface area contributed by atoms with Crippen LogP contribution in [0.15, 0.2) is 0 Å². The zero-order valence-corrected chi connectivity index (χ0v) is 10.8. The number of carbonyl (C=O) groups is 1. The first kappa shape index (κ1) is 12.9. The summed E-state index contributed by atoms with van der Waals surface area (Å²) in [7, 11) is 0. The van der Waals surface area contributed by atoms with Crippen LogP contribution in [0, 0.1) is 11.8 Å². The van der Waals surface area contributed by atoms with E-state index >= 15 is 0 Å². The maximum atomic E-state index is 11.0. The lowest BCUT2D eigenvalue weighted by atomic mass is 9.78. The van der Waals surface area contributed by atoms with Crippen LogP contribution in [-0.4, -0.2) is 23.2 Å². The van der Waals surface area contributed by atoms with Crippen molar-refractivity contribution in [2.75, 3.05) is 0 Å². The smallest absolute Gasteiger partial charge is 0.308 e. The molecule has 0 bridgehead atoms. The third-order valence-electron chi connectivity index (χ3n) is 4.68. The summed E-state index contributed by atoms with van der Waals surface area (Å²) in [5.74, 6) is -0.00223. The van der Waals surface area contributed by atoms with E-state index in [0.29, 0.717) is 6.04 Å². The van der Waals surface area contributed by atoms with Crippen LogP contribution >= 0.6 is 0 Å². The van der Waals surface area contributed by atoms with Crippen molar-refractivity contribution in [3.05, 3.63) is 0 Å². The van der Waals surface area contributed by atoms with E-state index in [2.05, 4.69) is 12.2 Å². The summed E-state index contributed by atoms with van der Waals surface area (Å²) in [6, 6.07) is 0.714. The van der Waals surface area contributed by atoms with Crippen LogP contribution in [0.4, 0.5) is 0 Å². The minimum Gasteiger partial charge on any atom is -0.481 e. The second-order valence-corrected chi connectivity index (χ2v) is 5.84. The summed E-state index contributed by atoms with van der Waals surface area (Å²) >= 11 is 0. The highest BCUT2D eigenvalue weighted by Gasteiger charge is 2.37. The van der Waals surface area contributed by atoms with Crippen LogP contribution in [0.25, 0.3) is 0 Å². The summed E-state index contributed by atoms with van der Waals surface area (Å²) in [4.78, 5) is 11.0. The van der Waals surface area contributed by atoms with Gasteiger partial charge in [-0.3, -0.25) is 4.79 Å². The van der Waals surface area contributed by atoms with Gasteiger partial charge in [0.05, 0.1) is 5.92 Å². The van der Waals surface area contributed by atoms with Gasteiger partial charge in [-0.05, 0) is 38.5 Å². The molecule has 0 radical (unpaired) electrons. The Kier molecular flexibility index (Phi) is 4.43.